The van der Waals surface area contributed by atoms with Gasteiger partial charge in [0.05, 0.1) is 30.3 Å². The maximum absolute atomic E-state index is 12.9. The van der Waals surface area contributed by atoms with E-state index in [1.807, 2.05) is 24.3 Å². The van der Waals surface area contributed by atoms with Crippen LogP contribution in [0.4, 0.5) is 0 Å². The van der Waals surface area contributed by atoms with Crippen molar-refractivity contribution in [3.05, 3.63) is 52.8 Å². The van der Waals surface area contributed by atoms with Crippen molar-refractivity contribution in [2.24, 2.45) is 11.3 Å². The van der Waals surface area contributed by atoms with Crippen molar-refractivity contribution in [2.75, 3.05) is 26.3 Å². The van der Waals surface area contributed by atoms with Crippen LogP contribution in [-0.4, -0.2) is 58.0 Å². The van der Waals surface area contributed by atoms with E-state index in [1.165, 1.54) is 6.20 Å². The van der Waals surface area contributed by atoms with E-state index in [9.17, 15) is 14.7 Å². The van der Waals surface area contributed by atoms with Gasteiger partial charge < -0.3 is 14.7 Å². The van der Waals surface area contributed by atoms with Crippen LogP contribution in [0.25, 0.3) is 0 Å². The van der Waals surface area contributed by atoms with Crippen LogP contribution >= 0.6 is 11.6 Å². The summed E-state index contributed by atoms with van der Waals surface area (Å²) in [6, 6.07) is 7.48. The van der Waals surface area contributed by atoms with E-state index in [0.29, 0.717) is 43.3 Å². The predicted molar refractivity (Wildman–Crippen MR) is 97.7 cm³/mol. The molecule has 1 N–H and O–H groups in total. The van der Waals surface area contributed by atoms with Crippen molar-refractivity contribution in [3.63, 3.8) is 0 Å². The third-order valence-electron chi connectivity index (χ3n) is 5.59. The lowest BCUT2D eigenvalue weighted by Gasteiger charge is -2.33. The molecule has 3 heterocycles. The fraction of sp³-hybridized carbons (Fsp3) is 0.421. The van der Waals surface area contributed by atoms with Crippen LogP contribution < -0.4 is 0 Å². The Labute approximate surface area is 161 Å². The van der Waals surface area contributed by atoms with Crippen molar-refractivity contribution in [3.8, 4) is 0 Å². The highest BCUT2D eigenvalue weighted by molar-refractivity contribution is 6.31. The molecule has 0 aliphatic carbocycles. The van der Waals surface area contributed by atoms with Gasteiger partial charge in [0.1, 0.15) is 0 Å². The zero-order valence-electron chi connectivity index (χ0n) is 14.7. The van der Waals surface area contributed by atoms with Crippen molar-refractivity contribution in [2.45, 2.75) is 13.0 Å². The minimum absolute atomic E-state index is 0.175. The molecule has 0 unspecified atom stereocenters. The largest absolute Gasteiger partial charge is 0.481 e. The number of carboxylic acid groups (broad SMARTS) is 1. The molecule has 0 radical (unpaired) electrons. The Bertz CT molecular complexity index is 883. The van der Waals surface area contributed by atoms with E-state index in [2.05, 4.69) is 5.10 Å². The molecule has 0 bridgehead atoms. The van der Waals surface area contributed by atoms with Crippen LogP contribution in [0.5, 0.6) is 0 Å². The van der Waals surface area contributed by atoms with Crippen LogP contribution in [0.15, 0.2) is 36.7 Å². The van der Waals surface area contributed by atoms with Crippen LogP contribution in [0.1, 0.15) is 22.3 Å². The molecule has 0 spiro atoms. The fourth-order valence-corrected chi connectivity index (χ4v) is 4.19. The molecule has 2 fully saturated rings. The Hall–Kier alpha value is -2.38. The molecule has 8 heteroatoms. The van der Waals surface area contributed by atoms with Gasteiger partial charge in [-0.1, -0.05) is 29.8 Å². The first kappa shape index (κ1) is 18.0. The number of benzene rings is 1. The number of hydrogen-bond donors (Lipinski definition) is 1. The number of aromatic nitrogens is 2. The van der Waals surface area contributed by atoms with Crippen molar-refractivity contribution < 1.29 is 19.4 Å². The molecule has 1 aromatic heterocycles. The van der Waals surface area contributed by atoms with Crippen LogP contribution in [0.2, 0.25) is 5.02 Å². The summed E-state index contributed by atoms with van der Waals surface area (Å²) in [6.07, 6.45) is 3.63. The second kappa shape index (κ2) is 6.98. The number of rotatable bonds is 4. The van der Waals surface area contributed by atoms with Crippen LogP contribution in [0, 0.1) is 11.3 Å². The highest BCUT2D eigenvalue weighted by atomic mass is 35.5. The SMILES string of the molecule is O=C(c1cnn(Cc2ccccc2Cl)c1)N1C[C@H]2COCC[C@@]2(C(=O)O)C1. The first-order valence-electron chi connectivity index (χ1n) is 8.86. The lowest BCUT2D eigenvalue weighted by molar-refractivity contribution is -0.157. The first-order chi connectivity index (χ1) is 13.0. The molecular weight excluding hydrogens is 370 g/mol. The maximum atomic E-state index is 12.9. The highest BCUT2D eigenvalue weighted by Gasteiger charge is 2.55. The molecule has 27 heavy (non-hydrogen) atoms. The highest BCUT2D eigenvalue weighted by Crippen LogP contribution is 2.42. The first-order valence-corrected chi connectivity index (χ1v) is 9.24. The van der Waals surface area contributed by atoms with E-state index in [4.69, 9.17) is 16.3 Å². The number of hydrogen-bond acceptors (Lipinski definition) is 4. The lowest BCUT2D eigenvalue weighted by Crippen LogP contribution is -2.45. The monoisotopic (exact) mass is 389 g/mol. The molecular formula is C19H20ClN3O4. The Morgan fingerprint density at radius 2 is 2.19 bits per heavy atom. The van der Waals surface area contributed by atoms with Gasteiger partial charge in [-0.2, -0.15) is 5.10 Å². The Balaban J connectivity index is 1.50. The normalized spacial score (nSPS) is 24.6. The number of carbonyl (C=O) groups excluding carboxylic acids is 1. The summed E-state index contributed by atoms with van der Waals surface area (Å²) in [5.41, 5.74) is 0.458. The van der Waals surface area contributed by atoms with E-state index in [-0.39, 0.29) is 18.4 Å². The number of fused-ring (bicyclic) bond motifs is 1. The Morgan fingerprint density at radius 3 is 2.93 bits per heavy atom. The molecule has 7 nitrogen and oxygen atoms in total. The smallest absolute Gasteiger partial charge is 0.311 e. The number of ether oxygens (including phenoxy) is 1. The summed E-state index contributed by atoms with van der Waals surface area (Å²) in [5, 5.41) is 14.6. The maximum Gasteiger partial charge on any atom is 0.311 e. The minimum Gasteiger partial charge on any atom is -0.481 e. The molecule has 2 aliphatic heterocycles. The van der Waals surface area contributed by atoms with E-state index < -0.39 is 11.4 Å². The van der Waals surface area contributed by atoms with Gasteiger partial charge in [-0.15, -0.1) is 0 Å². The van der Waals surface area contributed by atoms with Crippen LogP contribution in [-0.2, 0) is 16.1 Å². The Kier molecular flexibility index (Phi) is 4.65. The van der Waals surface area contributed by atoms with Crippen LogP contribution in [0.3, 0.4) is 0 Å². The number of nitrogens with zero attached hydrogens (tertiary/aromatic N) is 3. The summed E-state index contributed by atoms with van der Waals surface area (Å²) in [4.78, 5) is 26.4. The van der Waals surface area contributed by atoms with Crippen molar-refractivity contribution >= 4 is 23.5 Å². The molecule has 1 aromatic carbocycles. The van der Waals surface area contributed by atoms with E-state index in [0.717, 1.165) is 5.56 Å². The van der Waals surface area contributed by atoms with Gasteiger partial charge in [-0.25, -0.2) is 0 Å². The predicted octanol–water partition coefficient (Wildman–Crippen LogP) is 2.15. The molecule has 2 saturated heterocycles. The Morgan fingerprint density at radius 1 is 1.37 bits per heavy atom. The van der Waals surface area contributed by atoms with E-state index in [1.54, 1.807) is 15.8 Å². The minimum atomic E-state index is -0.901. The molecule has 0 saturated carbocycles. The third-order valence-corrected chi connectivity index (χ3v) is 5.96. The zero-order valence-corrected chi connectivity index (χ0v) is 15.4. The van der Waals surface area contributed by atoms with Gasteiger partial charge in [0.15, 0.2) is 0 Å². The number of aliphatic carboxylic acids is 1. The van der Waals surface area contributed by atoms with Gasteiger partial charge in [-0.3, -0.25) is 14.3 Å². The quantitative estimate of drug-likeness (QED) is 0.866. The van der Waals surface area contributed by atoms with Gasteiger partial charge >= 0.3 is 5.97 Å². The van der Waals surface area contributed by atoms with Crippen molar-refractivity contribution in [1.29, 1.82) is 0 Å². The fourth-order valence-electron chi connectivity index (χ4n) is 4.00. The number of halogens is 1. The number of carbonyl (C=O) groups is 2. The number of likely N-dealkylation sites (tertiary alicyclic amines) is 1. The summed E-state index contributed by atoms with van der Waals surface area (Å²) in [5.74, 6) is -1.22. The van der Waals surface area contributed by atoms with Gasteiger partial charge in [0, 0.05) is 36.8 Å². The summed E-state index contributed by atoms with van der Waals surface area (Å²) in [7, 11) is 0. The van der Waals surface area contributed by atoms with Gasteiger partial charge in [0.25, 0.3) is 5.91 Å². The summed E-state index contributed by atoms with van der Waals surface area (Å²) < 4.78 is 7.10. The van der Waals surface area contributed by atoms with Gasteiger partial charge in [0.2, 0.25) is 0 Å². The second-order valence-electron chi connectivity index (χ2n) is 7.19. The second-order valence-corrected chi connectivity index (χ2v) is 7.59. The summed E-state index contributed by atoms with van der Waals surface area (Å²) >= 11 is 6.18. The van der Waals surface area contributed by atoms with Gasteiger partial charge in [-0.05, 0) is 18.1 Å². The number of carboxylic acids is 1. The lowest BCUT2D eigenvalue weighted by atomic mass is 9.74. The molecule has 4 rings (SSSR count). The number of amides is 1. The average molecular weight is 390 g/mol. The van der Waals surface area contributed by atoms with Crippen molar-refractivity contribution in [1.82, 2.24) is 14.7 Å². The summed E-state index contributed by atoms with van der Waals surface area (Å²) in [6.45, 7) is 1.86. The molecule has 2 aliphatic rings. The van der Waals surface area contributed by atoms with E-state index >= 15 is 0 Å². The molecule has 142 valence electrons. The topological polar surface area (TPSA) is 84.7 Å². The average Bonchev–Trinajstić information content (AvgIpc) is 3.28. The molecule has 2 aromatic rings. The molecule has 1 amide bonds. The molecule has 2 atom stereocenters. The third kappa shape index (κ3) is 3.21. The zero-order chi connectivity index (χ0) is 19.0. The standard InChI is InChI=1S/C19H20ClN3O4/c20-16-4-2-1-3-13(16)8-23-9-14(7-21-23)17(24)22-10-15-11-27-6-5-19(15,12-22)18(25)26/h1-4,7,9,15H,5-6,8,10-12H2,(H,25,26)/t15-,19+/m0/s1.